The van der Waals surface area contributed by atoms with Crippen molar-refractivity contribution < 1.29 is 0 Å². The molecule has 1 saturated carbocycles. The van der Waals surface area contributed by atoms with E-state index in [0.717, 1.165) is 12.8 Å². The van der Waals surface area contributed by atoms with Crippen molar-refractivity contribution in [1.29, 1.82) is 0 Å². The quantitative estimate of drug-likeness (QED) is 0.532. The third-order valence-corrected chi connectivity index (χ3v) is 3.31. The summed E-state index contributed by atoms with van der Waals surface area (Å²) in [4.78, 5) is 24.0. The molecule has 10 heteroatoms. The zero-order valence-electron chi connectivity index (χ0n) is 10.6. The van der Waals surface area contributed by atoms with Crippen molar-refractivity contribution in [1.82, 2.24) is 29.9 Å². The summed E-state index contributed by atoms with van der Waals surface area (Å²) in [5, 5.41) is 0. The lowest BCUT2D eigenvalue weighted by Crippen LogP contribution is -2.27. The molecule has 0 radical (unpaired) electrons. The highest BCUT2D eigenvalue weighted by Crippen LogP contribution is 2.47. The number of aromatic nitrogens is 6. The summed E-state index contributed by atoms with van der Waals surface area (Å²) in [6.45, 7) is 0. The molecule has 0 saturated heterocycles. The molecule has 1 fully saturated rings. The predicted octanol–water partition coefficient (Wildman–Crippen LogP) is -0.953. The van der Waals surface area contributed by atoms with E-state index < -0.39 is 0 Å². The highest BCUT2D eigenvalue weighted by Gasteiger charge is 2.38. The third kappa shape index (κ3) is 2.11. The van der Waals surface area contributed by atoms with Gasteiger partial charge in [0.15, 0.2) is 0 Å². The molecule has 3 rings (SSSR count). The first-order valence-electron chi connectivity index (χ1n) is 6.07. The fourth-order valence-electron chi connectivity index (χ4n) is 2.30. The average molecular weight is 274 g/mol. The van der Waals surface area contributed by atoms with Crippen molar-refractivity contribution in [3.05, 3.63) is 11.6 Å². The smallest absolute Gasteiger partial charge is 0.225 e. The topological polar surface area (TPSA) is 181 Å². The second kappa shape index (κ2) is 4.40. The minimum absolute atomic E-state index is 0.0313. The number of anilines is 4. The summed E-state index contributed by atoms with van der Waals surface area (Å²) in [6, 6.07) is 0. The number of hydrogen-bond acceptors (Lipinski definition) is 10. The Kier molecular flexibility index (Phi) is 2.70. The van der Waals surface area contributed by atoms with E-state index in [-0.39, 0.29) is 35.6 Å². The van der Waals surface area contributed by atoms with Crippen LogP contribution in [-0.2, 0) is 0 Å². The second-order valence-electron chi connectivity index (χ2n) is 4.61. The predicted molar refractivity (Wildman–Crippen MR) is 72.0 cm³/mol. The van der Waals surface area contributed by atoms with Crippen molar-refractivity contribution in [2.45, 2.75) is 24.7 Å². The van der Waals surface area contributed by atoms with Gasteiger partial charge in [-0.2, -0.15) is 29.9 Å². The maximum absolute atomic E-state index is 5.58. The van der Waals surface area contributed by atoms with E-state index in [1.807, 2.05) is 0 Å². The molecule has 20 heavy (non-hydrogen) atoms. The van der Waals surface area contributed by atoms with Gasteiger partial charge in [-0.3, -0.25) is 0 Å². The molecule has 0 bridgehead atoms. The minimum atomic E-state index is 0.0313. The van der Waals surface area contributed by atoms with Crippen LogP contribution >= 0.6 is 0 Å². The Bertz CT molecular complexity index is 558. The Morgan fingerprint density at radius 3 is 1.10 bits per heavy atom. The zero-order valence-corrected chi connectivity index (χ0v) is 10.6. The molecule has 1 aliphatic rings. The first-order valence-corrected chi connectivity index (χ1v) is 6.07. The highest BCUT2D eigenvalue weighted by molar-refractivity contribution is 5.32. The van der Waals surface area contributed by atoms with E-state index in [1.54, 1.807) is 0 Å². The lowest BCUT2D eigenvalue weighted by molar-refractivity contribution is 0.319. The van der Waals surface area contributed by atoms with Gasteiger partial charge < -0.3 is 22.9 Å². The van der Waals surface area contributed by atoms with Gasteiger partial charge in [-0.15, -0.1) is 0 Å². The van der Waals surface area contributed by atoms with Crippen LogP contribution in [0.25, 0.3) is 0 Å². The summed E-state index contributed by atoms with van der Waals surface area (Å²) in [7, 11) is 0. The van der Waals surface area contributed by atoms with Crippen LogP contribution in [0.1, 0.15) is 36.3 Å². The van der Waals surface area contributed by atoms with Crippen LogP contribution in [0.3, 0.4) is 0 Å². The SMILES string of the molecule is Nc1nc(N)nc([C@@H]2CC[C@H]2c2nc(N)nc(N)n2)n1. The van der Waals surface area contributed by atoms with Crippen molar-refractivity contribution in [3.63, 3.8) is 0 Å². The molecule has 0 unspecified atom stereocenters. The van der Waals surface area contributed by atoms with Gasteiger partial charge in [-0.05, 0) is 12.8 Å². The average Bonchev–Trinajstić information content (AvgIpc) is 2.23. The summed E-state index contributed by atoms with van der Waals surface area (Å²) in [6.07, 6.45) is 1.78. The van der Waals surface area contributed by atoms with Gasteiger partial charge in [0, 0.05) is 11.8 Å². The molecule has 104 valence electrons. The molecular formula is C10H14N10. The fourth-order valence-corrected chi connectivity index (χ4v) is 2.30. The minimum Gasteiger partial charge on any atom is -0.368 e. The van der Waals surface area contributed by atoms with Crippen LogP contribution in [0.15, 0.2) is 0 Å². The molecule has 10 nitrogen and oxygen atoms in total. The van der Waals surface area contributed by atoms with Crippen LogP contribution in [0.2, 0.25) is 0 Å². The maximum atomic E-state index is 5.58. The summed E-state index contributed by atoms with van der Waals surface area (Å²) in [5.41, 5.74) is 22.3. The van der Waals surface area contributed by atoms with E-state index >= 15 is 0 Å². The highest BCUT2D eigenvalue weighted by atomic mass is 15.2. The second-order valence-corrected chi connectivity index (χ2v) is 4.61. The molecule has 0 amide bonds. The molecule has 1 aliphatic carbocycles. The van der Waals surface area contributed by atoms with E-state index in [1.165, 1.54) is 0 Å². The van der Waals surface area contributed by atoms with Crippen LogP contribution in [-0.4, -0.2) is 29.9 Å². The third-order valence-electron chi connectivity index (χ3n) is 3.31. The summed E-state index contributed by atoms with van der Waals surface area (Å²) >= 11 is 0. The number of hydrogen-bond donors (Lipinski definition) is 4. The molecule has 0 spiro atoms. The van der Waals surface area contributed by atoms with E-state index in [2.05, 4.69) is 29.9 Å². The molecule has 2 aromatic rings. The van der Waals surface area contributed by atoms with Gasteiger partial charge in [-0.25, -0.2) is 0 Å². The maximum Gasteiger partial charge on any atom is 0.225 e. The number of nitrogen functional groups attached to an aromatic ring is 4. The molecule has 2 aromatic heterocycles. The van der Waals surface area contributed by atoms with Crippen molar-refractivity contribution in [3.8, 4) is 0 Å². The monoisotopic (exact) mass is 274 g/mol. The van der Waals surface area contributed by atoms with Crippen LogP contribution in [0.4, 0.5) is 23.8 Å². The summed E-state index contributed by atoms with van der Waals surface area (Å²) in [5.74, 6) is 1.57. The van der Waals surface area contributed by atoms with Crippen LogP contribution < -0.4 is 22.9 Å². The molecule has 0 aromatic carbocycles. The molecular weight excluding hydrogens is 260 g/mol. The zero-order chi connectivity index (χ0) is 14.3. The Balaban J connectivity index is 1.92. The van der Waals surface area contributed by atoms with Crippen molar-refractivity contribution in [2.75, 3.05) is 22.9 Å². The van der Waals surface area contributed by atoms with Gasteiger partial charge >= 0.3 is 0 Å². The first kappa shape index (κ1) is 12.3. The van der Waals surface area contributed by atoms with E-state index in [4.69, 9.17) is 22.9 Å². The Morgan fingerprint density at radius 2 is 0.850 bits per heavy atom. The number of rotatable bonds is 2. The molecule has 8 N–H and O–H groups in total. The van der Waals surface area contributed by atoms with Gasteiger partial charge in [0.1, 0.15) is 11.6 Å². The first-order chi connectivity index (χ1) is 9.52. The Labute approximate surface area is 114 Å². The fraction of sp³-hybridized carbons (Fsp3) is 0.400. The normalized spacial score (nSPS) is 21.4. The van der Waals surface area contributed by atoms with Gasteiger partial charge in [0.25, 0.3) is 0 Å². The van der Waals surface area contributed by atoms with Gasteiger partial charge in [0.2, 0.25) is 23.8 Å². The number of nitrogens with zero attached hydrogens (tertiary/aromatic N) is 6. The van der Waals surface area contributed by atoms with Gasteiger partial charge in [-0.1, -0.05) is 0 Å². The van der Waals surface area contributed by atoms with Crippen molar-refractivity contribution >= 4 is 23.8 Å². The van der Waals surface area contributed by atoms with Crippen LogP contribution in [0.5, 0.6) is 0 Å². The lowest BCUT2D eigenvalue weighted by atomic mass is 9.72. The molecule has 2 atom stereocenters. The van der Waals surface area contributed by atoms with Gasteiger partial charge in [0.05, 0.1) is 0 Å². The summed E-state index contributed by atoms with van der Waals surface area (Å²) < 4.78 is 0. The van der Waals surface area contributed by atoms with E-state index in [0.29, 0.717) is 11.6 Å². The Morgan fingerprint density at radius 1 is 0.550 bits per heavy atom. The van der Waals surface area contributed by atoms with Crippen LogP contribution in [0, 0.1) is 0 Å². The molecule has 2 heterocycles. The number of nitrogens with two attached hydrogens (primary N) is 4. The van der Waals surface area contributed by atoms with Crippen molar-refractivity contribution in [2.24, 2.45) is 0 Å². The standard InChI is InChI=1S/C10H14N10/c11-7-15-5(16-8(12)19-7)3-1-2-4(3)6-17-9(13)20-10(14)18-6/h3-4H,1-2H2,(H4,11,12,15,16,19)(H4,13,14,17,18,20)/t3-,4-/m1/s1. The molecule has 0 aliphatic heterocycles. The Hall–Kier alpha value is -2.78. The lowest BCUT2D eigenvalue weighted by Gasteiger charge is -2.34. The van der Waals surface area contributed by atoms with E-state index in [9.17, 15) is 0 Å². The largest absolute Gasteiger partial charge is 0.368 e.